The molecule has 0 aromatic heterocycles. The highest BCUT2D eigenvalue weighted by molar-refractivity contribution is 4.82. The van der Waals surface area contributed by atoms with Crippen LogP contribution in [0.3, 0.4) is 0 Å². The second kappa shape index (κ2) is 3.07. The molecule has 0 unspecified atom stereocenters. The Bertz CT molecular complexity index is 136. The Hall–Kier alpha value is -0.150. The number of rotatable bonds is 2. The van der Waals surface area contributed by atoms with Gasteiger partial charge in [0.05, 0.1) is 0 Å². The van der Waals surface area contributed by atoms with Crippen LogP contribution in [-0.4, -0.2) is 43.8 Å². The van der Waals surface area contributed by atoms with Gasteiger partial charge in [-0.05, 0) is 12.3 Å². The molecule has 2 rings (SSSR count). The summed E-state index contributed by atoms with van der Waals surface area (Å²) in [4.78, 5) is 2.25. The van der Waals surface area contributed by atoms with E-state index in [4.69, 9.17) is 0 Å². The van der Waals surface area contributed by atoms with Crippen LogP contribution in [0.2, 0.25) is 0 Å². The topological polar surface area (TPSA) is 15.3 Å². The van der Waals surface area contributed by atoms with E-state index >= 15 is 0 Å². The summed E-state index contributed by atoms with van der Waals surface area (Å²) in [5.41, 5.74) is 0. The van der Waals surface area contributed by atoms with E-state index in [0.29, 0.717) is 6.54 Å². The molecule has 0 bridgehead atoms. The SMILES string of the molecule is F[C@H]1CCN(CC2CNC2)C1. The standard InChI is InChI=1S/C8H15FN2/c9-8-1-2-11(6-8)5-7-3-10-4-7/h7-8,10H,1-6H2/t8-/m0/s1. The lowest BCUT2D eigenvalue weighted by Crippen LogP contribution is -2.47. The zero-order chi connectivity index (χ0) is 7.68. The predicted molar refractivity (Wildman–Crippen MR) is 42.3 cm³/mol. The van der Waals surface area contributed by atoms with Crippen molar-refractivity contribution in [2.45, 2.75) is 12.6 Å². The van der Waals surface area contributed by atoms with E-state index in [1.807, 2.05) is 0 Å². The largest absolute Gasteiger partial charge is 0.316 e. The van der Waals surface area contributed by atoms with Crippen LogP contribution in [0.5, 0.6) is 0 Å². The van der Waals surface area contributed by atoms with E-state index in [2.05, 4.69) is 10.2 Å². The van der Waals surface area contributed by atoms with Gasteiger partial charge in [-0.3, -0.25) is 4.90 Å². The highest BCUT2D eigenvalue weighted by Gasteiger charge is 2.26. The van der Waals surface area contributed by atoms with Crippen LogP contribution >= 0.6 is 0 Å². The van der Waals surface area contributed by atoms with Crippen molar-refractivity contribution in [2.24, 2.45) is 5.92 Å². The number of nitrogens with one attached hydrogen (secondary N) is 1. The molecule has 0 aliphatic carbocycles. The summed E-state index contributed by atoms with van der Waals surface area (Å²) in [6, 6.07) is 0. The monoisotopic (exact) mass is 158 g/mol. The maximum atomic E-state index is 12.7. The minimum atomic E-state index is -0.553. The summed E-state index contributed by atoms with van der Waals surface area (Å²) in [6.07, 6.45) is 0.197. The molecule has 2 aliphatic rings. The number of hydrogen-bond donors (Lipinski definition) is 1. The van der Waals surface area contributed by atoms with Crippen molar-refractivity contribution >= 4 is 0 Å². The van der Waals surface area contributed by atoms with Crippen molar-refractivity contribution in [1.82, 2.24) is 10.2 Å². The van der Waals surface area contributed by atoms with Crippen LogP contribution in [0.25, 0.3) is 0 Å². The normalized spacial score (nSPS) is 34.1. The first-order valence-electron chi connectivity index (χ1n) is 4.42. The molecule has 1 N–H and O–H groups in total. The molecule has 2 heterocycles. The van der Waals surface area contributed by atoms with Gasteiger partial charge in [0.2, 0.25) is 0 Å². The molecule has 64 valence electrons. The fourth-order valence-electron chi connectivity index (χ4n) is 1.79. The fraction of sp³-hybridized carbons (Fsp3) is 1.00. The molecule has 0 aromatic carbocycles. The molecule has 2 nitrogen and oxygen atoms in total. The number of halogens is 1. The molecule has 2 fully saturated rings. The van der Waals surface area contributed by atoms with Crippen LogP contribution in [0, 0.1) is 5.92 Å². The third-order valence-electron chi connectivity index (χ3n) is 2.60. The quantitative estimate of drug-likeness (QED) is 0.619. The van der Waals surface area contributed by atoms with Crippen LogP contribution in [0.1, 0.15) is 6.42 Å². The highest BCUT2D eigenvalue weighted by Crippen LogP contribution is 2.15. The maximum absolute atomic E-state index is 12.7. The van der Waals surface area contributed by atoms with Gasteiger partial charge in [0.15, 0.2) is 0 Å². The van der Waals surface area contributed by atoms with E-state index in [1.165, 1.54) is 0 Å². The number of likely N-dealkylation sites (tertiary alicyclic amines) is 1. The summed E-state index contributed by atoms with van der Waals surface area (Å²) in [7, 11) is 0. The minimum absolute atomic E-state index is 0.553. The van der Waals surface area contributed by atoms with Crippen molar-refractivity contribution < 1.29 is 4.39 Å². The van der Waals surface area contributed by atoms with E-state index in [-0.39, 0.29) is 0 Å². The summed E-state index contributed by atoms with van der Waals surface area (Å²) in [6.45, 7) is 5.02. The Labute approximate surface area is 66.8 Å². The molecule has 0 radical (unpaired) electrons. The molecular formula is C8H15FN2. The molecule has 0 spiro atoms. The predicted octanol–water partition coefficient (Wildman–Crippen LogP) is 0.250. The van der Waals surface area contributed by atoms with Gasteiger partial charge in [0.1, 0.15) is 6.17 Å². The Balaban J connectivity index is 1.70. The Morgan fingerprint density at radius 2 is 2.27 bits per heavy atom. The highest BCUT2D eigenvalue weighted by atomic mass is 19.1. The lowest BCUT2D eigenvalue weighted by atomic mass is 10.0. The molecular weight excluding hydrogens is 143 g/mol. The Morgan fingerprint density at radius 1 is 1.45 bits per heavy atom. The van der Waals surface area contributed by atoms with Gasteiger partial charge >= 0.3 is 0 Å². The van der Waals surface area contributed by atoms with Crippen LogP contribution in [0.15, 0.2) is 0 Å². The zero-order valence-electron chi connectivity index (χ0n) is 6.72. The third-order valence-corrected chi connectivity index (χ3v) is 2.60. The van der Waals surface area contributed by atoms with Gasteiger partial charge < -0.3 is 5.32 Å². The summed E-state index contributed by atoms with van der Waals surface area (Å²) < 4.78 is 12.7. The summed E-state index contributed by atoms with van der Waals surface area (Å²) >= 11 is 0. The van der Waals surface area contributed by atoms with E-state index < -0.39 is 6.17 Å². The Kier molecular flexibility index (Phi) is 2.09. The smallest absolute Gasteiger partial charge is 0.114 e. The van der Waals surface area contributed by atoms with Crippen LogP contribution < -0.4 is 5.32 Å². The fourth-order valence-corrected chi connectivity index (χ4v) is 1.79. The molecule has 0 aromatic rings. The van der Waals surface area contributed by atoms with Gasteiger partial charge in [-0.25, -0.2) is 4.39 Å². The first-order valence-corrected chi connectivity index (χ1v) is 4.42. The Morgan fingerprint density at radius 3 is 2.73 bits per heavy atom. The van der Waals surface area contributed by atoms with E-state index in [0.717, 1.165) is 38.5 Å². The summed E-state index contributed by atoms with van der Waals surface area (Å²) in [5, 5.41) is 3.23. The molecule has 2 aliphatic heterocycles. The van der Waals surface area contributed by atoms with Crippen LogP contribution in [-0.2, 0) is 0 Å². The number of hydrogen-bond acceptors (Lipinski definition) is 2. The molecule has 1 atom stereocenters. The van der Waals surface area contributed by atoms with Gasteiger partial charge in [-0.2, -0.15) is 0 Å². The van der Waals surface area contributed by atoms with Crippen molar-refractivity contribution in [2.75, 3.05) is 32.7 Å². The van der Waals surface area contributed by atoms with Crippen molar-refractivity contribution in [3.63, 3.8) is 0 Å². The van der Waals surface area contributed by atoms with E-state index in [1.54, 1.807) is 0 Å². The first kappa shape index (κ1) is 7.50. The first-order chi connectivity index (χ1) is 5.34. The maximum Gasteiger partial charge on any atom is 0.114 e. The van der Waals surface area contributed by atoms with Crippen molar-refractivity contribution in [1.29, 1.82) is 0 Å². The second-order valence-electron chi connectivity index (χ2n) is 3.67. The average Bonchev–Trinajstić information content (AvgIpc) is 2.27. The van der Waals surface area contributed by atoms with Crippen molar-refractivity contribution in [3.8, 4) is 0 Å². The number of nitrogens with zero attached hydrogens (tertiary/aromatic N) is 1. The minimum Gasteiger partial charge on any atom is -0.316 e. The van der Waals surface area contributed by atoms with Gasteiger partial charge in [-0.1, -0.05) is 0 Å². The molecule has 11 heavy (non-hydrogen) atoms. The number of alkyl halides is 1. The summed E-state index contributed by atoms with van der Waals surface area (Å²) in [5.74, 6) is 0.792. The van der Waals surface area contributed by atoms with E-state index in [9.17, 15) is 4.39 Å². The van der Waals surface area contributed by atoms with Crippen molar-refractivity contribution in [3.05, 3.63) is 0 Å². The average molecular weight is 158 g/mol. The third kappa shape index (κ3) is 1.71. The zero-order valence-corrected chi connectivity index (χ0v) is 6.72. The molecule has 0 amide bonds. The lowest BCUT2D eigenvalue weighted by Gasteiger charge is -2.30. The molecule has 2 saturated heterocycles. The van der Waals surface area contributed by atoms with Gasteiger partial charge in [0, 0.05) is 32.7 Å². The second-order valence-corrected chi connectivity index (χ2v) is 3.67. The lowest BCUT2D eigenvalue weighted by molar-refractivity contribution is 0.211. The van der Waals surface area contributed by atoms with Crippen LogP contribution in [0.4, 0.5) is 4.39 Å². The van der Waals surface area contributed by atoms with Gasteiger partial charge in [-0.15, -0.1) is 0 Å². The molecule has 3 heteroatoms. The molecule has 0 saturated carbocycles. The van der Waals surface area contributed by atoms with Gasteiger partial charge in [0.25, 0.3) is 0 Å².